The van der Waals surface area contributed by atoms with E-state index in [1.807, 2.05) is 0 Å². The van der Waals surface area contributed by atoms with Crippen LogP contribution in [0, 0.1) is 0 Å². The molecule has 21 aromatic carbocycles. The number of rotatable bonds is 14. The van der Waals surface area contributed by atoms with E-state index in [1.165, 1.54) is 189 Å². The molecule has 0 saturated heterocycles. The Balaban J connectivity index is 0.580. The van der Waals surface area contributed by atoms with Crippen molar-refractivity contribution in [3.8, 4) is 111 Å². The van der Waals surface area contributed by atoms with E-state index in [9.17, 15) is 0 Å². The smallest absolute Gasteiger partial charge is 0.0727 e. The Kier molecular flexibility index (Phi) is 18.2. The number of benzene rings is 21. The first-order valence-corrected chi connectivity index (χ1v) is 50.3. The van der Waals surface area contributed by atoms with Crippen molar-refractivity contribution in [1.29, 1.82) is 0 Å². The van der Waals surface area contributed by atoms with Crippen LogP contribution in [0.15, 0.2) is 485 Å². The van der Waals surface area contributed by atoms with Gasteiger partial charge in [0.05, 0.1) is 33.3 Å². The van der Waals surface area contributed by atoms with Gasteiger partial charge in [-0.25, -0.2) is 0 Å². The van der Waals surface area contributed by atoms with Crippen LogP contribution in [0.4, 0.5) is 51.2 Å². The topological polar surface area (TPSA) is 9.72 Å². The Morgan fingerprint density at radius 2 is 0.423 bits per heavy atom. The number of anilines is 9. The van der Waals surface area contributed by atoms with E-state index < -0.39 is 16.2 Å². The number of nitrogens with zero attached hydrogens (tertiary/aromatic N) is 3. The molecule has 3 nitrogen and oxygen atoms in total. The van der Waals surface area contributed by atoms with Crippen molar-refractivity contribution in [3.05, 3.63) is 580 Å². The molecule has 0 N–H and O–H groups in total. The van der Waals surface area contributed by atoms with Crippen molar-refractivity contribution < 1.29 is 0 Å². The maximum atomic E-state index is 2.58. The molecular formula is C139H101N3. The molecule has 672 valence electrons. The van der Waals surface area contributed by atoms with Gasteiger partial charge >= 0.3 is 0 Å². The van der Waals surface area contributed by atoms with Gasteiger partial charge in [0.1, 0.15) is 0 Å². The Morgan fingerprint density at radius 3 is 0.810 bits per heavy atom. The quantitative estimate of drug-likeness (QED) is 0.107. The fourth-order valence-electron chi connectivity index (χ4n) is 26.9. The van der Waals surface area contributed by atoms with Gasteiger partial charge in [0.2, 0.25) is 0 Å². The fraction of sp³-hybridized carbons (Fsp3) is 0.0935. The minimum absolute atomic E-state index is 0.0566. The van der Waals surface area contributed by atoms with E-state index in [0.717, 1.165) is 67.9 Å². The maximum Gasteiger partial charge on any atom is 0.0727 e. The van der Waals surface area contributed by atoms with Crippen LogP contribution >= 0.6 is 0 Å². The van der Waals surface area contributed by atoms with Gasteiger partial charge in [0.15, 0.2) is 0 Å². The Morgan fingerprint density at radius 1 is 0.169 bits per heavy atom. The van der Waals surface area contributed by atoms with E-state index in [0.29, 0.717) is 0 Å². The van der Waals surface area contributed by atoms with Gasteiger partial charge in [-0.3, -0.25) is 0 Å². The summed E-state index contributed by atoms with van der Waals surface area (Å²) < 4.78 is 0. The summed E-state index contributed by atoms with van der Waals surface area (Å²) in [4.78, 5) is 7.71. The lowest BCUT2D eigenvalue weighted by atomic mass is 9.66. The predicted octanol–water partition coefficient (Wildman–Crippen LogP) is 36.1. The fourth-order valence-corrected chi connectivity index (χ4v) is 26.9. The van der Waals surface area contributed by atoms with E-state index in [1.54, 1.807) is 0 Å². The Hall–Kier alpha value is -17.0. The van der Waals surface area contributed by atoms with Crippen LogP contribution < -0.4 is 14.7 Å². The molecule has 0 aliphatic heterocycles. The standard InChI is InChI=1S/C139H101N3/c1-134(2,3)93-71-77-98(78-72-93)142(127-60-32-57-121-130(127)111-45-21-28-54-118(111)138(121)116-52-26-19-43-105(116)106-44-20-27-53-117(106)138)101-81-84-109-110-49-31-48-102(133(110)137(126(109)87-101,94-37-13-9-14-38-94)95-39-15-10-16-40-95)92-65-63-89(64-66-92)91-69-75-97(76-70-91)141(100-80-83-108-104-42-18-25-51-115(104)136(6,7)125(108)86-100)129-62-34-59-123-132(129)113-47-23-30-56-120(113)139(123)119-55-29-22-46-112(119)131-122(139)58-33-61-128(131)140(96-73-67-90(68-74-96)88-35-11-8-12-36-88)99-79-82-107-103-41-17-24-50-114(103)135(4,5)124(107)85-99/h8-87H,1-7H3. The zero-order valence-corrected chi connectivity index (χ0v) is 80.5. The summed E-state index contributed by atoms with van der Waals surface area (Å²) in [7, 11) is 0. The largest absolute Gasteiger partial charge is 0.310 e. The molecule has 0 aromatic heterocycles. The highest BCUT2D eigenvalue weighted by molar-refractivity contribution is 6.07. The maximum absolute atomic E-state index is 2.58. The van der Waals surface area contributed by atoms with Gasteiger partial charge in [0, 0.05) is 61.6 Å². The molecule has 28 rings (SSSR count). The number of hydrogen-bond acceptors (Lipinski definition) is 3. The second-order valence-corrected chi connectivity index (χ2v) is 41.9. The minimum atomic E-state index is -0.779. The second kappa shape index (κ2) is 31.0. The van der Waals surface area contributed by atoms with Crippen molar-refractivity contribution in [3.63, 3.8) is 0 Å². The summed E-state index contributed by atoms with van der Waals surface area (Å²) in [6, 6.07) is 186. The van der Waals surface area contributed by atoms with E-state index in [4.69, 9.17) is 0 Å². The first kappa shape index (κ1) is 83.2. The summed E-state index contributed by atoms with van der Waals surface area (Å²) in [5, 5.41) is 0. The minimum Gasteiger partial charge on any atom is -0.310 e. The molecular weight excluding hydrogens is 1710 g/mol. The molecule has 21 aromatic rings. The molecule has 0 bridgehead atoms. The third kappa shape index (κ3) is 11.6. The molecule has 0 saturated carbocycles. The molecule has 1 atom stereocenters. The number of hydrogen-bond donors (Lipinski definition) is 0. The summed E-state index contributed by atoms with van der Waals surface area (Å²) in [6.07, 6.45) is 0. The average molecular weight is 1810 g/mol. The zero-order valence-electron chi connectivity index (χ0n) is 80.5. The summed E-state index contributed by atoms with van der Waals surface area (Å²) in [5.41, 5.74) is 54.0. The van der Waals surface area contributed by atoms with Gasteiger partial charge in [-0.15, -0.1) is 0 Å². The van der Waals surface area contributed by atoms with Crippen LogP contribution in [0.5, 0.6) is 0 Å². The highest BCUT2D eigenvalue weighted by Gasteiger charge is 2.57. The summed E-state index contributed by atoms with van der Waals surface area (Å²) >= 11 is 0. The van der Waals surface area contributed by atoms with Gasteiger partial charge < -0.3 is 14.7 Å². The van der Waals surface area contributed by atoms with Crippen molar-refractivity contribution >= 4 is 51.2 Å². The van der Waals surface area contributed by atoms with Crippen LogP contribution in [0.1, 0.15) is 143 Å². The molecule has 0 radical (unpaired) electrons. The molecule has 2 spiro atoms. The van der Waals surface area contributed by atoms with Crippen LogP contribution in [0.25, 0.3) is 111 Å². The molecule has 3 heteroatoms. The van der Waals surface area contributed by atoms with Gasteiger partial charge in [-0.05, 0) is 286 Å². The third-order valence-corrected chi connectivity index (χ3v) is 33.2. The normalized spacial score (nSPS) is 15.3. The third-order valence-electron chi connectivity index (χ3n) is 33.2. The van der Waals surface area contributed by atoms with Gasteiger partial charge in [0.25, 0.3) is 0 Å². The van der Waals surface area contributed by atoms with Crippen molar-refractivity contribution in [2.75, 3.05) is 14.7 Å². The molecule has 0 amide bonds. The lowest BCUT2D eigenvalue weighted by Gasteiger charge is -2.36. The van der Waals surface area contributed by atoms with Gasteiger partial charge in [-0.2, -0.15) is 0 Å². The monoisotopic (exact) mass is 1810 g/mol. The van der Waals surface area contributed by atoms with Gasteiger partial charge in [-0.1, -0.05) is 443 Å². The molecule has 7 aliphatic rings. The van der Waals surface area contributed by atoms with Crippen LogP contribution in [0.2, 0.25) is 0 Å². The molecule has 0 fully saturated rings. The van der Waals surface area contributed by atoms with Crippen molar-refractivity contribution in [1.82, 2.24) is 0 Å². The van der Waals surface area contributed by atoms with E-state index in [2.05, 4.69) is 548 Å². The first-order chi connectivity index (χ1) is 69.6. The van der Waals surface area contributed by atoms with Crippen LogP contribution in [-0.4, -0.2) is 0 Å². The number of fused-ring (bicyclic) bond motifs is 29. The summed E-state index contributed by atoms with van der Waals surface area (Å²) in [5.74, 6) is 0. The highest BCUT2D eigenvalue weighted by atomic mass is 15.2. The Bertz CT molecular complexity index is 8710. The lowest BCUT2D eigenvalue weighted by molar-refractivity contribution is 0.590. The highest BCUT2D eigenvalue weighted by Crippen LogP contribution is 2.70. The van der Waals surface area contributed by atoms with Crippen LogP contribution in [-0.2, 0) is 32.5 Å². The predicted molar refractivity (Wildman–Crippen MR) is 591 cm³/mol. The van der Waals surface area contributed by atoms with Crippen LogP contribution in [0.3, 0.4) is 0 Å². The van der Waals surface area contributed by atoms with Crippen molar-refractivity contribution in [2.24, 2.45) is 0 Å². The van der Waals surface area contributed by atoms with E-state index in [-0.39, 0.29) is 16.2 Å². The SMILES string of the molecule is CC(C)(C)c1ccc(N(c2ccc3c(c2)C(c2ccccc2)(c2ccccc2)c2c(-c4ccc(-c5ccc(N(c6ccc7c(c6)C(C)(C)c6ccccc6-7)c6cccc7c6-c6ccccc6C76c7ccccc7-c7c(N(c8ccc(-c9ccccc9)cc8)c8ccc9c(c8)C(C)(C)c8ccccc8-9)cccc76)cc5)cc4)cccc2-3)c2cccc3c2-c2ccccc2C32c3ccccc3-c3ccccc32)cc1. The van der Waals surface area contributed by atoms with Crippen molar-refractivity contribution in [2.45, 2.75) is 81.0 Å². The first-order valence-electron chi connectivity index (χ1n) is 50.3. The molecule has 0 heterocycles. The zero-order chi connectivity index (χ0) is 94.9. The molecule has 7 aliphatic carbocycles. The Labute approximate surface area is 832 Å². The average Bonchev–Trinajstić information content (AvgIpc) is 1.50. The lowest BCUT2D eigenvalue weighted by Crippen LogP contribution is -2.29. The molecule has 142 heavy (non-hydrogen) atoms. The van der Waals surface area contributed by atoms with E-state index >= 15 is 0 Å². The second-order valence-electron chi connectivity index (χ2n) is 41.9. The summed E-state index contributed by atoms with van der Waals surface area (Å²) in [6.45, 7) is 16.5. The molecule has 1 unspecified atom stereocenters.